The maximum atomic E-state index is 13.7. The summed E-state index contributed by atoms with van der Waals surface area (Å²) in [5, 5.41) is 2.76. The molecule has 4 heterocycles. The van der Waals surface area contributed by atoms with Crippen LogP contribution in [0.5, 0.6) is 0 Å². The smallest absolute Gasteiger partial charge is 0.308 e. The SMILES string of the molecule is C=CCN1C(=O)C(=Cc2c(N3CCNC(=O)C3CC(=O)OCC)nc3ccc(C)cn3c2=O)SC1=S. The molecule has 2 aliphatic heterocycles. The molecule has 4 rings (SSSR count). The molecule has 10 nitrogen and oxygen atoms in total. The van der Waals surface area contributed by atoms with Crippen molar-refractivity contribution in [3.05, 3.63) is 57.4 Å². The van der Waals surface area contributed by atoms with Crippen LogP contribution in [0.2, 0.25) is 0 Å². The van der Waals surface area contributed by atoms with Gasteiger partial charge in [0.25, 0.3) is 11.5 Å². The van der Waals surface area contributed by atoms with Crippen LogP contribution in [-0.2, 0) is 19.1 Å². The van der Waals surface area contributed by atoms with E-state index in [1.165, 1.54) is 15.4 Å². The number of rotatable bonds is 7. The lowest BCUT2D eigenvalue weighted by molar-refractivity contribution is -0.145. The van der Waals surface area contributed by atoms with Gasteiger partial charge in [0.15, 0.2) is 0 Å². The number of aromatic nitrogens is 2. The van der Waals surface area contributed by atoms with Gasteiger partial charge in [0.1, 0.15) is 21.8 Å². The number of fused-ring (bicyclic) bond motifs is 1. The Morgan fingerprint density at radius 2 is 2.14 bits per heavy atom. The number of esters is 1. The van der Waals surface area contributed by atoms with Gasteiger partial charge >= 0.3 is 5.97 Å². The summed E-state index contributed by atoms with van der Waals surface area (Å²) in [6.07, 6.45) is 4.49. The van der Waals surface area contributed by atoms with Crippen LogP contribution in [0.15, 0.2) is 40.7 Å². The molecule has 2 amide bonds. The average molecular weight is 528 g/mol. The van der Waals surface area contributed by atoms with E-state index in [1.807, 2.05) is 13.0 Å². The third-order valence-corrected chi connectivity index (χ3v) is 7.09. The van der Waals surface area contributed by atoms with Crippen LogP contribution in [0, 0.1) is 6.92 Å². The Morgan fingerprint density at radius 3 is 2.86 bits per heavy atom. The van der Waals surface area contributed by atoms with Gasteiger partial charge in [-0.3, -0.25) is 28.5 Å². The van der Waals surface area contributed by atoms with Crippen LogP contribution in [0.1, 0.15) is 24.5 Å². The molecular formula is C24H25N5O5S2. The molecule has 1 atom stereocenters. The molecule has 1 unspecified atom stereocenters. The van der Waals surface area contributed by atoms with Crippen molar-refractivity contribution in [1.29, 1.82) is 0 Å². The molecule has 0 aliphatic carbocycles. The van der Waals surface area contributed by atoms with Crippen molar-refractivity contribution in [1.82, 2.24) is 19.6 Å². The second-order valence-corrected chi connectivity index (χ2v) is 9.86. The highest BCUT2D eigenvalue weighted by atomic mass is 32.2. The molecule has 2 aliphatic rings. The van der Waals surface area contributed by atoms with Crippen LogP contribution in [-0.4, -0.2) is 68.7 Å². The van der Waals surface area contributed by atoms with Crippen LogP contribution in [0.4, 0.5) is 5.82 Å². The van der Waals surface area contributed by atoms with Gasteiger partial charge in [-0.2, -0.15) is 0 Å². The number of thiocarbonyl (C=S) groups is 1. The standard InChI is InChI=1S/C24H25N5O5S2/c1-4-9-28-23(33)17(36-24(28)35)11-15-20(26-18-7-6-14(3)13-29(18)22(15)32)27-10-8-25-21(31)16(27)12-19(30)34-5-2/h4,6-7,11,13,16H,1,5,8-10,12H2,2-3H3,(H,25,31). The number of anilines is 1. The molecule has 2 aromatic heterocycles. The number of aryl methyl sites for hydroxylation is 1. The molecule has 2 fully saturated rings. The molecule has 0 spiro atoms. The van der Waals surface area contributed by atoms with Gasteiger partial charge in [-0.05, 0) is 31.6 Å². The Bertz CT molecular complexity index is 1370. The van der Waals surface area contributed by atoms with Crippen LogP contribution < -0.4 is 15.8 Å². The lowest BCUT2D eigenvalue weighted by Crippen LogP contribution is -2.57. The molecule has 0 radical (unpaired) electrons. The van der Waals surface area contributed by atoms with E-state index in [9.17, 15) is 19.2 Å². The Morgan fingerprint density at radius 1 is 1.36 bits per heavy atom. The Balaban J connectivity index is 1.89. The Labute approximate surface area is 217 Å². The number of thioether (sulfide) groups is 1. The van der Waals surface area contributed by atoms with Crippen LogP contribution in [0.3, 0.4) is 0 Å². The fraction of sp³-hybridized carbons (Fsp3) is 0.333. The van der Waals surface area contributed by atoms with Gasteiger partial charge < -0.3 is 15.0 Å². The van der Waals surface area contributed by atoms with E-state index in [0.29, 0.717) is 23.1 Å². The first-order valence-electron chi connectivity index (χ1n) is 11.3. The third kappa shape index (κ3) is 4.91. The maximum Gasteiger partial charge on any atom is 0.308 e. The Hall–Kier alpha value is -3.51. The van der Waals surface area contributed by atoms with Crippen molar-refractivity contribution in [2.45, 2.75) is 26.3 Å². The molecule has 0 bridgehead atoms. The molecule has 12 heteroatoms. The zero-order valence-corrected chi connectivity index (χ0v) is 21.5. The molecule has 188 valence electrons. The minimum atomic E-state index is -0.931. The summed E-state index contributed by atoms with van der Waals surface area (Å²) in [5.41, 5.74) is 0.937. The summed E-state index contributed by atoms with van der Waals surface area (Å²) in [4.78, 5) is 59.8. The highest BCUT2D eigenvalue weighted by Crippen LogP contribution is 2.34. The number of hydrogen-bond acceptors (Lipinski definition) is 9. The molecular weight excluding hydrogens is 502 g/mol. The number of amides is 2. The molecule has 2 aromatic rings. The first-order chi connectivity index (χ1) is 17.2. The van der Waals surface area contributed by atoms with Crippen LogP contribution >= 0.6 is 24.0 Å². The number of hydrogen-bond donors (Lipinski definition) is 1. The van der Waals surface area contributed by atoms with Gasteiger partial charge in [-0.1, -0.05) is 36.1 Å². The van der Waals surface area contributed by atoms with Crippen molar-refractivity contribution in [3.63, 3.8) is 0 Å². The summed E-state index contributed by atoms with van der Waals surface area (Å²) in [6.45, 7) is 8.23. The van der Waals surface area contributed by atoms with Gasteiger partial charge in [0.2, 0.25) is 5.91 Å². The summed E-state index contributed by atoms with van der Waals surface area (Å²) in [5.74, 6) is -1.04. The molecule has 0 aromatic carbocycles. The minimum absolute atomic E-state index is 0.126. The van der Waals surface area contributed by atoms with E-state index in [-0.39, 0.29) is 47.7 Å². The fourth-order valence-corrected chi connectivity index (χ4v) is 5.32. The number of pyridine rings is 1. The number of nitrogens with one attached hydrogen (secondary N) is 1. The molecule has 36 heavy (non-hydrogen) atoms. The van der Waals surface area contributed by atoms with E-state index in [4.69, 9.17) is 21.9 Å². The predicted octanol–water partition coefficient (Wildman–Crippen LogP) is 1.65. The number of nitrogens with zero attached hydrogens (tertiary/aromatic N) is 4. The molecule has 1 N–H and O–H groups in total. The first-order valence-corrected chi connectivity index (χ1v) is 12.6. The van der Waals surface area contributed by atoms with E-state index in [2.05, 4.69) is 11.9 Å². The number of ether oxygens (including phenoxy) is 1. The summed E-state index contributed by atoms with van der Waals surface area (Å²) in [6, 6.07) is 2.60. The van der Waals surface area contributed by atoms with Crippen molar-refractivity contribution in [2.24, 2.45) is 0 Å². The fourth-order valence-electron chi connectivity index (χ4n) is 4.06. The van der Waals surface area contributed by atoms with Crippen molar-refractivity contribution in [3.8, 4) is 0 Å². The normalized spacial score (nSPS) is 19.2. The zero-order chi connectivity index (χ0) is 26.0. The number of carbonyl (C=O) groups excluding carboxylic acids is 3. The highest BCUT2D eigenvalue weighted by molar-refractivity contribution is 8.26. The zero-order valence-electron chi connectivity index (χ0n) is 19.9. The number of piperazine rings is 1. The first kappa shape index (κ1) is 25.6. The van der Waals surface area contributed by atoms with Crippen LogP contribution in [0.25, 0.3) is 11.7 Å². The number of carbonyl (C=O) groups is 3. The highest BCUT2D eigenvalue weighted by Gasteiger charge is 2.36. The molecule has 2 saturated heterocycles. The monoisotopic (exact) mass is 527 g/mol. The van der Waals surface area contributed by atoms with E-state index in [1.54, 1.807) is 30.2 Å². The van der Waals surface area contributed by atoms with Gasteiger partial charge in [0, 0.05) is 25.8 Å². The maximum absolute atomic E-state index is 13.7. The topological polar surface area (TPSA) is 113 Å². The predicted molar refractivity (Wildman–Crippen MR) is 142 cm³/mol. The Kier molecular flexibility index (Phi) is 7.55. The summed E-state index contributed by atoms with van der Waals surface area (Å²) >= 11 is 6.41. The summed E-state index contributed by atoms with van der Waals surface area (Å²) in [7, 11) is 0. The van der Waals surface area contributed by atoms with Crippen molar-refractivity contribution in [2.75, 3.05) is 31.1 Å². The summed E-state index contributed by atoms with van der Waals surface area (Å²) < 4.78 is 6.82. The van der Waals surface area contributed by atoms with Gasteiger partial charge in [-0.15, -0.1) is 6.58 Å². The second-order valence-electron chi connectivity index (χ2n) is 8.18. The minimum Gasteiger partial charge on any atom is -0.466 e. The lowest BCUT2D eigenvalue weighted by Gasteiger charge is -2.36. The quantitative estimate of drug-likeness (QED) is 0.249. The molecule has 0 saturated carbocycles. The van der Waals surface area contributed by atoms with E-state index in [0.717, 1.165) is 17.3 Å². The van der Waals surface area contributed by atoms with Crippen molar-refractivity contribution >= 4 is 63.6 Å². The third-order valence-electron chi connectivity index (χ3n) is 5.71. The second kappa shape index (κ2) is 10.6. The average Bonchev–Trinajstić information content (AvgIpc) is 3.10. The lowest BCUT2D eigenvalue weighted by atomic mass is 10.1. The van der Waals surface area contributed by atoms with E-state index < -0.39 is 17.6 Å². The van der Waals surface area contributed by atoms with Crippen molar-refractivity contribution < 1.29 is 19.1 Å². The van der Waals surface area contributed by atoms with Gasteiger partial charge in [0.05, 0.1) is 23.5 Å². The van der Waals surface area contributed by atoms with Gasteiger partial charge in [-0.25, -0.2) is 4.98 Å². The van der Waals surface area contributed by atoms with E-state index >= 15 is 0 Å². The largest absolute Gasteiger partial charge is 0.466 e.